The van der Waals surface area contributed by atoms with Crippen molar-refractivity contribution in [2.45, 2.75) is 66.8 Å². The van der Waals surface area contributed by atoms with Crippen molar-refractivity contribution in [1.29, 1.82) is 0 Å². The van der Waals surface area contributed by atoms with Gasteiger partial charge in [0.2, 0.25) is 0 Å². The summed E-state index contributed by atoms with van der Waals surface area (Å²) < 4.78 is 14.8. The first-order chi connectivity index (χ1) is 12.6. The largest absolute Gasteiger partial charge is 0.350 e. The number of hydrogen-bond acceptors (Lipinski definition) is 1. The summed E-state index contributed by atoms with van der Waals surface area (Å²) in [4.78, 5) is 12.0. The van der Waals surface area contributed by atoms with Gasteiger partial charge in [-0.3, -0.25) is 4.79 Å². The number of carbonyl (C=O) groups excluding carboxylic acids is 1. The maximum absolute atomic E-state index is 14.8. The molecule has 0 unspecified atom stereocenters. The van der Waals surface area contributed by atoms with E-state index >= 15 is 0 Å². The van der Waals surface area contributed by atoms with Gasteiger partial charge in [0.25, 0.3) is 5.91 Å². The maximum atomic E-state index is 14.8. The topological polar surface area (TPSA) is 29.1 Å². The average Bonchev–Trinajstić information content (AvgIpc) is 2.59. The molecule has 2 rings (SSSR count). The highest BCUT2D eigenvalue weighted by atomic mass is 19.1. The van der Waals surface area contributed by atoms with Gasteiger partial charge in [0, 0.05) is 17.2 Å². The first-order valence-electron chi connectivity index (χ1n) is 9.78. The Morgan fingerprint density at radius 2 is 1.78 bits per heavy atom. The van der Waals surface area contributed by atoms with E-state index in [9.17, 15) is 9.18 Å². The van der Waals surface area contributed by atoms with E-state index in [1.165, 1.54) is 17.6 Å². The molecule has 0 bridgehead atoms. The summed E-state index contributed by atoms with van der Waals surface area (Å²) >= 11 is 0. The lowest BCUT2D eigenvalue weighted by Gasteiger charge is -2.33. The highest BCUT2D eigenvalue weighted by Crippen LogP contribution is 2.41. The first-order valence-corrected chi connectivity index (χ1v) is 9.78. The van der Waals surface area contributed by atoms with Crippen molar-refractivity contribution < 1.29 is 9.18 Å². The number of carbonyl (C=O) groups is 1. The number of rotatable bonds is 5. The van der Waals surface area contributed by atoms with Crippen molar-refractivity contribution in [3.05, 3.63) is 64.3 Å². The van der Waals surface area contributed by atoms with Crippen LogP contribution in [0.3, 0.4) is 0 Å². The fourth-order valence-corrected chi connectivity index (χ4v) is 3.63. The van der Waals surface area contributed by atoms with E-state index in [-0.39, 0.29) is 23.2 Å². The minimum absolute atomic E-state index is 0.0722. The van der Waals surface area contributed by atoms with E-state index in [1.807, 2.05) is 19.9 Å². The molecular formula is C24H32FNO. The molecule has 1 aliphatic carbocycles. The Bertz CT molecular complexity index is 779. The van der Waals surface area contributed by atoms with Gasteiger partial charge in [-0.15, -0.1) is 0 Å². The predicted molar refractivity (Wildman–Crippen MR) is 112 cm³/mol. The maximum Gasteiger partial charge on any atom is 0.251 e. The van der Waals surface area contributed by atoms with E-state index in [4.69, 9.17) is 0 Å². The molecule has 1 aromatic rings. The fourth-order valence-electron chi connectivity index (χ4n) is 3.63. The van der Waals surface area contributed by atoms with Crippen LogP contribution in [-0.2, 0) is 0 Å². The molecule has 0 aliphatic heterocycles. The van der Waals surface area contributed by atoms with E-state index in [2.05, 4.69) is 32.2 Å². The van der Waals surface area contributed by atoms with Crippen LogP contribution in [-0.4, -0.2) is 11.9 Å². The van der Waals surface area contributed by atoms with Gasteiger partial charge in [-0.05, 0) is 75.7 Å². The van der Waals surface area contributed by atoms with Crippen LogP contribution in [0.5, 0.6) is 0 Å². The van der Waals surface area contributed by atoms with Crippen molar-refractivity contribution in [3.8, 4) is 0 Å². The molecule has 27 heavy (non-hydrogen) atoms. The number of amides is 1. The highest BCUT2D eigenvalue weighted by molar-refractivity contribution is 5.94. The Morgan fingerprint density at radius 1 is 1.19 bits per heavy atom. The van der Waals surface area contributed by atoms with Crippen molar-refractivity contribution in [1.82, 2.24) is 5.32 Å². The molecule has 146 valence electrons. The van der Waals surface area contributed by atoms with Gasteiger partial charge in [-0.1, -0.05) is 43.7 Å². The molecule has 1 amide bonds. The molecule has 0 saturated carbocycles. The number of halogens is 1. The molecule has 0 radical (unpaired) electrons. The van der Waals surface area contributed by atoms with Gasteiger partial charge < -0.3 is 5.32 Å². The average molecular weight is 370 g/mol. The summed E-state index contributed by atoms with van der Waals surface area (Å²) in [6, 6.07) is 6.73. The van der Waals surface area contributed by atoms with Crippen molar-refractivity contribution in [2.75, 3.05) is 0 Å². The minimum atomic E-state index is -0.256. The Kier molecular flexibility index (Phi) is 6.80. The number of hydrogen-bond donors (Lipinski definition) is 1. The third-order valence-electron chi connectivity index (χ3n) is 5.21. The third-order valence-corrected chi connectivity index (χ3v) is 5.21. The monoisotopic (exact) mass is 369 g/mol. The molecule has 1 aromatic carbocycles. The van der Waals surface area contributed by atoms with E-state index in [0.717, 1.165) is 12.8 Å². The molecule has 1 aliphatic rings. The van der Waals surface area contributed by atoms with Gasteiger partial charge in [0.15, 0.2) is 0 Å². The van der Waals surface area contributed by atoms with Gasteiger partial charge in [-0.2, -0.15) is 0 Å². The lowest BCUT2D eigenvalue weighted by Crippen LogP contribution is -2.29. The standard InChI is InChI=1S/C24H32FNO/c1-16(2)26-23(27)20-12-10-19(11-13-20)22(25)18(4)9-14-21-17(3)8-7-15-24(21,5)6/h9-14,16H,7-8,15H2,1-6H3,(H,26,27). The normalized spacial score (nSPS) is 18.1. The number of nitrogens with one attached hydrogen (secondary N) is 1. The van der Waals surface area contributed by atoms with E-state index in [0.29, 0.717) is 16.7 Å². The molecule has 0 aromatic heterocycles. The van der Waals surface area contributed by atoms with Crippen LogP contribution in [0.4, 0.5) is 4.39 Å². The lowest BCUT2D eigenvalue weighted by atomic mass is 9.72. The van der Waals surface area contributed by atoms with Crippen LogP contribution < -0.4 is 5.32 Å². The van der Waals surface area contributed by atoms with Gasteiger partial charge >= 0.3 is 0 Å². The summed E-state index contributed by atoms with van der Waals surface area (Å²) in [5, 5.41) is 2.84. The summed E-state index contributed by atoms with van der Waals surface area (Å²) in [6.45, 7) is 12.3. The smallest absolute Gasteiger partial charge is 0.251 e. The van der Waals surface area contributed by atoms with Gasteiger partial charge in [0.05, 0.1) is 0 Å². The lowest BCUT2D eigenvalue weighted by molar-refractivity contribution is 0.0943. The molecule has 0 fully saturated rings. The molecule has 3 heteroatoms. The van der Waals surface area contributed by atoms with Crippen molar-refractivity contribution in [3.63, 3.8) is 0 Å². The molecule has 0 atom stereocenters. The number of benzene rings is 1. The first kappa shape index (κ1) is 21.1. The second-order valence-electron chi connectivity index (χ2n) is 8.47. The van der Waals surface area contributed by atoms with Crippen LogP contribution in [0.2, 0.25) is 0 Å². The summed E-state index contributed by atoms with van der Waals surface area (Å²) in [7, 11) is 0. The van der Waals surface area contributed by atoms with E-state index < -0.39 is 0 Å². The Morgan fingerprint density at radius 3 is 2.33 bits per heavy atom. The van der Waals surface area contributed by atoms with Crippen molar-refractivity contribution in [2.24, 2.45) is 5.41 Å². The number of allylic oxidation sites excluding steroid dienone is 5. The summed E-state index contributed by atoms with van der Waals surface area (Å²) in [5.74, 6) is -0.395. The Labute approximate surface area is 163 Å². The van der Waals surface area contributed by atoms with Gasteiger partial charge in [-0.25, -0.2) is 4.39 Å². The van der Waals surface area contributed by atoms with Crippen LogP contribution in [0, 0.1) is 5.41 Å². The fraction of sp³-hybridized carbons (Fsp3) is 0.458. The van der Waals surface area contributed by atoms with Gasteiger partial charge in [0.1, 0.15) is 5.83 Å². The zero-order valence-electron chi connectivity index (χ0n) is 17.4. The van der Waals surface area contributed by atoms with E-state index in [1.54, 1.807) is 31.2 Å². The summed E-state index contributed by atoms with van der Waals surface area (Å²) in [5.41, 5.74) is 4.49. The highest BCUT2D eigenvalue weighted by Gasteiger charge is 2.26. The predicted octanol–water partition coefficient (Wildman–Crippen LogP) is 6.61. The van der Waals surface area contributed by atoms with Crippen LogP contribution in [0.15, 0.2) is 53.1 Å². The SMILES string of the molecule is CC(C=CC1=C(C)CCCC1(C)C)=C(F)c1ccc(C(=O)NC(C)C)cc1. The quantitative estimate of drug-likeness (QED) is 0.581. The molecule has 2 nitrogen and oxygen atoms in total. The Balaban J connectivity index is 2.21. The zero-order chi connectivity index (χ0) is 20.2. The van der Waals surface area contributed by atoms with Crippen LogP contribution in [0.1, 0.15) is 76.7 Å². The van der Waals surface area contributed by atoms with Crippen molar-refractivity contribution >= 4 is 11.7 Å². The third kappa shape index (κ3) is 5.41. The Hall–Kier alpha value is -2.16. The second kappa shape index (κ2) is 8.69. The van der Waals surface area contributed by atoms with Crippen LogP contribution in [0.25, 0.3) is 5.83 Å². The van der Waals surface area contributed by atoms with Crippen LogP contribution >= 0.6 is 0 Å². The molecule has 1 N–H and O–H groups in total. The molecule has 0 spiro atoms. The second-order valence-corrected chi connectivity index (χ2v) is 8.47. The minimum Gasteiger partial charge on any atom is -0.350 e. The summed E-state index contributed by atoms with van der Waals surface area (Å²) in [6.07, 6.45) is 7.45. The molecular weight excluding hydrogens is 337 g/mol. The molecule has 0 saturated heterocycles. The molecule has 0 heterocycles. The zero-order valence-corrected chi connectivity index (χ0v) is 17.4.